The van der Waals surface area contributed by atoms with Crippen molar-refractivity contribution in [2.45, 2.75) is 37.5 Å². The standard InChI is InChI=1S/C22H25NO4/c1-25-19-4-2-3-17(13-19)15-5-7-16(8-6-15)22(24)23-18-9-10-20-21(14-18)27-12-11-26-20/h2-8,13,18,20-21H,9-12,14H2,1H3,(H,23,24)/t18-,20-,21-/m1/s1. The number of rotatable bonds is 4. The van der Waals surface area contributed by atoms with E-state index in [4.69, 9.17) is 14.2 Å². The highest BCUT2D eigenvalue weighted by atomic mass is 16.6. The number of ether oxygens (including phenoxy) is 3. The molecule has 2 fully saturated rings. The first-order chi connectivity index (χ1) is 13.2. The normalized spacial score (nSPS) is 24.7. The average Bonchev–Trinajstić information content (AvgIpc) is 2.74. The number of fused-ring (bicyclic) bond motifs is 1. The van der Waals surface area contributed by atoms with Crippen molar-refractivity contribution >= 4 is 5.91 Å². The van der Waals surface area contributed by atoms with E-state index in [0.29, 0.717) is 18.8 Å². The molecule has 1 aliphatic heterocycles. The molecule has 0 radical (unpaired) electrons. The fourth-order valence-corrected chi connectivity index (χ4v) is 3.88. The predicted octanol–water partition coefficient (Wildman–Crippen LogP) is 3.43. The summed E-state index contributed by atoms with van der Waals surface area (Å²) in [5.41, 5.74) is 2.79. The molecule has 5 heteroatoms. The van der Waals surface area contributed by atoms with E-state index in [2.05, 4.69) is 5.32 Å². The fraction of sp³-hybridized carbons (Fsp3) is 0.409. The number of hydrogen-bond acceptors (Lipinski definition) is 4. The first-order valence-electron chi connectivity index (χ1n) is 9.51. The fourth-order valence-electron chi connectivity index (χ4n) is 3.88. The third-order valence-corrected chi connectivity index (χ3v) is 5.36. The molecule has 1 N–H and O–H groups in total. The van der Waals surface area contributed by atoms with Gasteiger partial charge in [0.2, 0.25) is 0 Å². The van der Waals surface area contributed by atoms with Crippen LogP contribution in [0.5, 0.6) is 5.75 Å². The lowest BCUT2D eigenvalue weighted by atomic mass is 9.89. The Morgan fingerprint density at radius 3 is 2.56 bits per heavy atom. The minimum atomic E-state index is -0.0348. The molecule has 1 saturated heterocycles. The van der Waals surface area contributed by atoms with Gasteiger partial charge in [0.1, 0.15) is 5.75 Å². The van der Waals surface area contributed by atoms with E-state index in [0.717, 1.165) is 36.1 Å². The zero-order valence-corrected chi connectivity index (χ0v) is 15.5. The average molecular weight is 367 g/mol. The van der Waals surface area contributed by atoms with E-state index in [9.17, 15) is 4.79 Å². The first kappa shape index (κ1) is 18.0. The largest absolute Gasteiger partial charge is 0.497 e. The monoisotopic (exact) mass is 367 g/mol. The Kier molecular flexibility index (Phi) is 5.41. The molecular weight excluding hydrogens is 342 g/mol. The minimum absolute atomic E-state index is 0.0348. The van der Waals surface area contributed by atoms with E-state index < -0.39 is 0 Å². The van der Waals surface area contributed by atoms with Gasteiger partial charge < -0.3 is 19.5 Å². The maximum atomic E-state index is 12.6. The van der Waals surface area contributed by atoms with E-state index in [-0.39, 0.29) is 24.2 Å². The minimum Gasteiger partial charge on any atom is -0.497 e. The Balaban J connectivity index is 1.39. The molecule has 4 rings (SSSR count). The lowest BCUT2D eigenvalue weighted by Gasteiger charge is -2.39. The van der Waals surface area contributed by atoms with Gasteiger partial charge in [0.25, 0.3) is 5.91 Å². The molecule has 1 heterocycles. The summed E-state index contributed by atoms with van der Waals surface area (Å²) in [5.74, 6) is 0.784. The lowest BCUT2D eigenvalue weighted by Crippen LogP contribution is -2.49. The summed E-state index contributed by atoms with van der Waals surface area (Å²) in [5, 5.41) is 3.15. The van der Waals surface area contributed by atoms with Crippen molar-refractivity contribution in [3.05, 3.63) is 54.1 Å². The number of amides is 1. The van der Waals surface area contributed by atoms with Gasteiger partial charge in [-0.25, -0.2) is 0 Å². The van der Waals surface area contributed by atoms with Crippen LogP contribution in [-0.2, 0) is 9.47 Å². The number of hydrogen-bond donors (Lipinski definition) is 1. The second-order valence-electron chi connectivity index (χ2n) is 7.11. The van der Waals surface area contributed by atoms with Gasteiger partial charge in [-0.05, 0) is 54.7 Å². The van der Waals surface area contributed by atoms with E-state index >= 15 is 0 Å². The van der Waals surface area contributed by atoms with Gasteiger partial charge >= 0.3 is 0 Å². The van der Waals surface area contributed by atoms with E-state index in [1.54, 1.807) is 7.11 Å². The molecule has 1 amide bonds. The SMILES string of the molecule is COc1cccc(-c2ccc(C(=O)N[C@@H]3CC[C@H]4OCCO[C@@H]4C3)cc2)c1. The Morgan fingerprint density at radius 1 is 1.00 bits per heavy atom. The van der Waals surface area contributed by atoms with Crippen LogP contribution in [0, 0.1) is 0 Å². The Labute approximate surface area is 159 Å². The Morgan fingerprint density at radius 2 is 1.78 bits per heavy atom. The van der Waals surface area contributed by atoms with E-state index in [1.165, 1.54) is 0 Å². The number of carbonyl (C=O) groups excluding carboxylic acids is 1. The molecule has 3 atom stereocenters. The summed E-state index contributed by atoms with van der Waals surface area (Å²) in [6.45, 7) is 1.32. The highest BCUT2D eigenvalue weighted by molar-refractivity contribution is 5.94. The van der Waals surface area contributed by atoms with Crippen molar-refractivity contribution in [1.82, 2.24) is 5.32 Å². The summed E-state index contributed by atoms with van der Waals surface area (Å²) >= 11 is 0. The Hall–Kier alpha value is -2.37. The van der Waals surface area contributed by atoms with Crippen LogP contribution >= 0.6 is 0 Å². The van der Waals surface area contributed by atoms with Crippen molar-refractivity contribution in [2.24, 2.45) is 0 Å². The van der Waals surface area contributed by atoms with Crippen molar-refractivity contribution in [1.29, 1.82) is 0 Å². The molecule has 1 saturated carbocycles. The van der Waals surface area contributed by atoms with Crippen LogP contribution in [0.2, 0.25) is 0 Å². The summed E-state index contributed by atoms with van der Waals surface area (Å²) in [6, 6.07) is 15.7. The smallest absolute Gasteiger partial charge is 0.251 e. The van der Waals surface area contributed by atoms with Crippen LogP contribution in [-0.4, -0.2) is 44.5 Å². The number of methoxy groups -OCH3 is 1. The maximum Gasteiger partial charge on any atom is 0.251 e. The molecule has 2 aromatic rings. The molecule has 1 aliphatic carbocycles. The molecule has 0 bridgehead atoms. The van der Waals surface area contributed by atoms with Crippen LogP contribution in [0.25, 0.3) is 11.1 Å². The van der Waals surface area contributed by atoms with Crippen LogP contribution < -0.4 is 10.1 Å². The highest BCUT2D eigenvalue weighted by Crippen LogP contribution is 2.27. The van der Waals surface area contributed by atoms with Gasteiger partial charge in [-0.1, -0.05) is 24.3 Å². The van der Waals surface area contributed by atoms with Gasteiger partial charge in [-0.2, -0.15) is 0 Å². The topological polar surface area (TPSA) is 56.8 Å². The molecule has 2 aromatic carbocycles. The lowest BCUT2D eigenvalue weighted by molar-refractivity contribution is -0.157. The summed E-state index contributed by atoms with van der Waals surface area (Å²) in [6.07, 6.45) is 2.98. The zero-order chi connectivity index (χ0) is 18.6. The molecule has 5 nitrogen and oxygen atoms in total. The molecule has 0 unspecified atom stereocenters. The maximum absolute atomic E-state index is 12.6. The van der Waals surface area contributed by atoms with Crippen LogP contribution in [0.4, 0.5) is 0 Å². The van der Waals surface area contributed by atoms with Gasteiger partial charge in [-0.15, -0.1) is 0 Å². The predicted molar refractivity (Wildman–Crippen MR) is 103 cm³/mol. The zero-order valence-electron chi connectivity index (χ0n) is 15.5. The molecule has 0 aromatic heterocycles. The second-order valence-corrected chi connectivity index (χ2v) is 7.11. The third kappa shape index (κ3) is 4.15. The molecular formula is C22H25NO4. The van der Waals surface area contributed by atoms with Crippen LogP contribution in [0.15, 0.2) is 48.5 Å². The second kappa shape index (κ2) is 8.11. The van der Waals surface area contributed by atoms with Gasteiger partial charge in [0.05, 0.1) is 32.5 Å². The number of carbonyl (C=O) groups is 1. The molecule has 0 spiro atoms. The van der Waals surface area contributed by atoms with Crippen LogP contribution in [0.1, 0.15) is 29.6 Å². The summed E-state index contributed by atoms with van der Waals surface area (Å²) in [4.78, 5) is 12.6. The molecule has 142 valence electrons. The summed E-state index contributed by atoms with van der Waals surface area (Å²) in [7, 11) is 1.66. The number of benzene rings is 2. The van der Waals surface area contributed by atoms with Gasteiger partial charge in [0, 0.05) is 11.6 Å². The van der Waals surface area contributed by atoms with Gasteiger partial charge in [0.15, 0.2) is 0 Å². The highest BCUT2D eigenvalue weighted by Gasteiger charge is 2.34. The van der Waals surface area contributed by atoms with Gasteiger partial charge in [-0.3, -0.25) is 4.79 Å². The van der Waals surface area contributed by atoms with Crippen molar-refractivity contribution in [3.63, 3.8) is 0 Å². The van der Waals surface area contributed by atoms with Crippen LogP contribution in [0.3, 0.4) is 0 Å². The molecule has 27 heavy (non-hydrogen) atoms. The summed E-state index contributed by atoms with van der Waals surface area (Å²) < 4.78 is 16.8. The quantitative estimate of drug-likeness (QED) is 0.900. The number of nitrogens with one attached hydrogen (secondary N) is 1. The van der Waals surface area contributed by atoms with Crippen molar-refractivity contribution in [3.8, 4) is 16.9 Å². The third-order valence-electron chi connectivity index (χ3n) is 5.36. The Bertz CT molecular complexity index is 789. The van der Waals surface area contributed by atoms with E-state index in [1.807, 2.05) is 48.5 Å². The first-order valence-corrected chi connectivity index (χ1v) is 9.51. The van der Waals surface area contributed by atoms with Crippen molar-refractivity contribution < 1.29 is 19.0 Å². The van der Waals surface area contributed by atoms with Crippen molar-refractivity contribution in [2.75, 3.05) is 20.3 Å². The molecule has 2 aliphatic rings.